The van der Waals surface area contributed by atoms with Gasteiger partial charge in [-0.15, -0.1) is 0 Å². The van der Waals surface area contributed by atoms with Gasteiger partial charge in [0.25, 0.3) is 0 Å². The molecule has 104 valence electrons. The van der Waals surface area contributed by atoms with Gasteiger partial charge in [-0.2, -0.15) is 0 Å². The fourth-order valence-electron chi connectivity index (χ4n) is 2.54. The van der Waals surface area contributed by atoms with Crippen molar-refractivity contribution in [2.45, 2.75) is 25.3 Å². The number of nitrogens with one attached hydrogen (secondary N) is 1. The smallest absolute Gasteiger partial charge is 0.179 e. The fourth-order valence-corrected chi connectivity index (χ4v) is 3.70. The highest BCUT2D eigenvalue weighted by Gasteiger charge is 2.21. The molecule has 4 nitrogen and oxygen atoms in total. The Morgan fingerprint density at radius 3 is 2.85 bits per heavy atom. The molecular weight excluding hydrogens is 384 g/mol. The highest BCUT2D eigenvalue weighted by Crippen LogP contribution is 2.31. The summed E-state index contributed by atoms with van der Waals surface area (Å²) in [6.07, 6.45) is 7.01. The van der Waals surface area contributed by atoms with E-state index in [4.69, 9.17) is 4.98 Å². The lowest BCUT2D eigenvalue weighted by molar-refractivity contribution is 0.487. The second kappa shape index (κ2) is 5.87. The minimum absolute atomic E-state index is 0.370. The maximum atomic E-state index is 4.71. The first kappa shape index (κ1) is 14.1. The fraction of sp³-hybridized carbons (Fsp3) is 0.357. The van der Waals surface area contributed by atoms with Gasteiger partial charge in [-0.05, 0) is 64.2 Å². The summed E-state index contributed by atoms with van der Waals surface area (Å²) in [4.78, 5) is 13.6. The van der Waals surface area contributed by atoms with Gasteiger partial charge in [0.2, 0.25) is 0 Å². The predicted octanol–water partition coefficient (Wildman–Crippen LogP) is 3.66. The highest BCUT2D eigenvalue weighted by molar-refractivity contribution is 9.11. The van der Waals surface area contributed by atoms with Gasteiger partial charge >= 0.3 is 0 Å². The lowest BCUT2D eigenvalue weighted by Gasteiger charge is -2.24. The summed E-state index contributed by atoms with van der Waals surface area (Å²) in [5, 5.41) is 3.33. The number of fused-ring (bicyclic) bond motifs is 1. The zero-order valence-electron chi connectivity index (χ0n) is 11.0. The van der Waals surface area contributed by atoms with E-state index in [1.54, 1.807) is 6.20 Å². The van der Waals surface area contributed by atoms with E-state index in [0.29, 0.717) is 11.9 Å². The van der Waals surface area contributed by atoms with Crippen molar-refractivity contribution >= 4 is 31.9 Å². The van der Waals surface area contributed by atoms with Gasteiger partial charge < -0.3 is 5.32 Å². The molecule has 0 radical (unpaired) electrons. The van der Waals surface area contributed by atoms with Crippen molar-refractivity contribution in [3.05, 3.63) is 38.7 Å². The Morgan fingerprint density at radius 2 is 2.10 bits per heavy atom. The van der Waals surface area contributed by atoms with E-state index in [-0.39, 0.29) is 0 Å². The summed E-state index contributed by atoms with van der Waals surface area (Å²) in [6, 6.07) is 2.33. The summed E-state index contributed by atoms with van der Waals surface area (Å²) in [6.45, 7) is 0. The first-order valence-electron chi connectivity index (χ1n) is 6.53. The monoisotopic (exact) mass is 396 g/mol. The van der Waals surface area contributed by atoms with Crippen molar-refractivity contribution in [3.63, 3.8) is 0 Å². The van der Waals surface area contributed by atoms with Crippen molar-refractivity contribution in [1.29, 1.82) is 0 Å². The molecule has 0 amide bonds. The van der Waals surface area contributed by atoms with Gasteiger partial charge in [0.05, 0.1) is 0 Å². The summed E-state index contributed by atoms with van der Waals surface area (Å²) < 4.78 is 1.83. The number of aryl methyl sites for hydroxylation is 1. The van der Waals surface area contributed by atoms with Gasteiger partial charge in [-0.25, -0.2) is 9.97 Å². The molecule has 2 aromatic heterocycles. The van der Waals surface area contributed by atoms with Gasteiger partial charge in [0.1, 0.15) is 5.69 Å². The number of aromatic nitrogens is 3. The molecule has 2 aromatic rings. The van der Waals surface area contributed by atoms with Crippen molar-refractivity contribution in [2.24, 2.45) is 0 Å². The van der Waals surface area contributed by atoms with Crippen LogP contribution in [-0.2, 0) is 6.42 Å². The molecule has 0 saturated carbocycles. The van der Waals surface area contributed by atoms with Crippen LogP contribution in [0.3, 0.4) is 0 Å². The summed E-state index contributed by atoms with van der Waals surface area (Å²) in [5.41, 5.74) is 3.13. The van der Waals surface area contributed by atoms with Crippen LogP contribution in [-0.4, -0.2) is 22.0 Å². The third-order valence-corrected chi connectivity index (χ3v) is 4.59. The van der Waals surface area contributed by atoms with Crippen LogP contribution in [0.4, 0.5) is 0 Å². The van der Waals surface area contributed by atoms with Gasteiger partial charge in [0.15, 0.2) is 5.82 Å². The molecule has 1 aliphatic carbocycles. The Bertz CT molecular complexity index is 645. The standard InChI is InChI=1S/C14H14Br2N4/c1-17-11-3-2-4-12-9(11)7-19-14(20-12)13-10(16)5-8(15)6-18-13/h5-7,11,17H,2-4H2,1H3. The van der Waals surface area contributed by atoms with E-state index in [1.807, 2.05) is 19.3 Å². The van der Waals surface area contributed by atoms with Crippen molar-refractivity contribution in [2.75, 3.05) is 7.05 Å². The summed E-state index contributed by atoms with van der Waals surface area (Å²) in [7, 11) is 1.99. The molecule has 6 heteroatoms. The first-order chi connectivity index (χ1) is 9.69. The Morgan fingerprint density at radius 1 is 1.25 bits per heavy atom. The number of pyridine rings is 1. The van der Waals surface area contributed by atoms with Gasteiger partial charge in [-0.3, -0.25) is 4.98 Å². The Hall–Kier alpha value is -0.850. The molecule has 1 aliphatic rings. The van der Waals surface area contributed by atoms with Crippen LogP contribution in [0, 0.1) is 0 Å². The van der Waals surface area contributed by atoms with Crippen LogP contribution in [0.25, 0.3) is 11.5 Å². The van der Waals surface area contributed by atoms with Crippen LogP contribution < -0.4 is 5.32 Å². The molecule has 0 bridgehead atoms. The third kappa shape index (κ3) is 2.64. The van der Waals surface area contributed by atoms with E-state index in [0.717, 1.165) is 39.6 Å². The normalized spacial score (nSPS) is 17.9. The molecular formula is C14H14Br2N4. The van der Waals surface area contributed by atoms with E-state index in [2.05, 4.69) is 47.1 Å². The minimum atomic E-state index is 0.370. The van der Waals surface area contributed by atoms with Crippen molar-refractivity contribution in [1.82, 2.24) is 20.3 Å². The summed E-state index contributed by atoms with van der Waals surface area (Å²) in [5.74, 6) is 0.680. The molecule has 0 aliphatic heterocycles. The van der Waals surface area contributed by atoms with E-state index >= 15 is 0 Å². The van der Waals surface area contributed by atoms with E-state index < -0.39 is 0 Å². The Labute approximate surface area is 134 Å². The van der Waals surface area contributed by atoms with Crippen LogP contribution in [0.2, 0.25) is 0 Å². The molecule has 0 fully saturated rings. The number of hydrogen-bond donors (Lipinski definition) is 1. The average Bonchev–Trinajstić information content (AvgIpc) is 2.46. The average molecular weight is 398 g/mol. The second-order valence-corrected chi connectivity index (χ2v) is 6.58. The molecule has 1 N–H and O–H groups in total. The first-order valence-corrected chi connectivity index (χ1v) is 8.12. The quantitative estimate of drug-likeness (QED) is 0.839. The number of rotatable bonds is 2. The van der Waals surface area contributed by atoms with Gasteiger partial charge in [0, 0.05) is 38.6 Å². The van der Waals surface area contributed by atoms with Gasteiger partial charge in [-0.1, -0.05) is 0 Å². The third-order valence-electron chi connectivity index (χ3n) is 3.55. The molecule has 0 saturated heterocycles. The number of nitrogens with zero attached hydrogens (tertiary/aromatic N) is 3. The molecule has 0 aromatic carbocycles. The van der Waals surface area contributed by atoms with E-state index in [9.17, 15) is 0 Å². The highest BCUT2D eigenvalue weighted by atomic mass is 79.9. The van der Waals surface area contributed by atoms with Crippen LogP contribution in [0.1, 0.15) is 30.1 Å². The zero-order valence-corrected chi connectivity index (χ0v) is 14.2. The number of hydrogen-bond acceptors (Lipinski definition) is 4. The van der Waals surface area contributed by atoms with Crippen LogP contribution in [0.15, 0.2) is 27.4 Å². The zero-order chi connectivity index (χ0) is 14.1. The molecule has 0 spiro atoms. The van der Waals surface area contributed by atoms with Crippen LogP contribution in [0.5, 0.6) is 0 Å². The molecule has 20 heavy (non-hydrogen) atoms. The summed E-state index contributed by atoms with van der Waals surface area (Å²) >= 11 is 6.93. The van der Waals surface area contributed by atoms with Crippen molar-refractivity contribution < 1.29 is 0 Å². The van der Waals surface area contributed by atoms with E-state index in [1.165, 1.54) is 5.56 Å². The topological polar surface area (TPSA) is 50.7 Å². The maximum Gasteiger partial charge on any atom is 0.179 e. The van der Waals surface area contributed by atoms with Crippen molar-refractivity contribution in [3.8, 4) is 11.5 Å². The lowest BCUT2D eigenvalue weighted by Crippen LogP contribution is -2.23. The predicted molar refractivity (Wildman–Crippen MR) is 85.4 cm³/mol. The molecule has 3 rings (SSSR count). The maximum absolute atomic E-state index is 4.71. The molecule has 1 unspecified atom stereocenters. The largest absolute Gasteiger partial charge is 0.313 e. The molecule has 1 atom stereocenters. The molecule has 2 heterocycles. The Balaban J connectivity index is 2.04. The second-order valence-electron chi connectivity index (χ2n) is 4.81. The SMILES string of the molecule is CNC1CCCc2nc(-c3ncc(Br)cc3Br)ncc21. The number of halogens is 2. The minimum Gasteiger partial charge on any atom is -0.313 e. The van der Waals surface area contributed by atoms with Crippen LogP contribution >= 0.6 is 31.9 Å². The lowest BCUT2D eigenvalue weighted by atomic mass is 9.92. The Kier molecular flexibility index (Phi) is 4.14.